The Morgan fingerprint density at radius 2 is 1.75 bits per heavy atom. The third kappa shape index (κ3) is 4.11. The molecule has 0 radical (unpaired) electrons. The second kappa shape index (κ2) is 8.59. The summed E-state index contributed by atoms with van der Waals surface area (Å²) in [6.07, 6.45) is 7.28. The molecule has 148 valence electrons. The first kappa shape index (κ1) is 18.7. The molecule has 1 amide bonds. The van der Waals surface area contributed by atoms with E-state index >= 15 is 0 Å². The quantitative estimate of drug-likeness (QED) is 0.847. The van der Waals surface area contributed by atoms with Gasteiger partial charge >= 0.3 is 0 Å². The molecule has 1 unspecified atom stereocenters. The topological polar surface area (TPSA) is 61.4 Å². The van der Waals surface area contributed by atoms with Crippen LogP contribution in [-0.4, -0.2) is 41.8 Å². The molecule has 0 spiro atoms. The van der Waals surface area contributed by atoms with Gasteiger partial charge in [-0.2, -0.15) is 0 Å². The number of hydrogen-bond acceptors (Lipinski definition) is 5. The average Bonchev–Trinajstić information content (AvgIpc) is 3.29. The summed E-state index contributed by atoms with van der Waals surface area (Å²) in [5.74, 6) is 0.650. The molecule has 6 nitrogen and oxygen atoms in total. The van der Waals surface area contributed by atoms with E-state index in [0.717, 1.165) is 37.6 Å². The van der Waals surface area contributed by atoms with E-state index < -0.39 is 0 Å². The van der Waals surface area contributed by atoms with Crippen LogP contribution < -0.4 is 15.1 Å². The third-order valence-corrected chi connectivity index (χ3v) is 5.87. The van der Waals surface area contributed by atoms with Crippen LogP contribution in [0.3, 0.4) is 0 Å². The van der Waals surface area contributed by atoms with Gasteiger partial charge in [-0.1, -0.05) is 6.92 Å². The highest BCUT2D eigenvalue weighted by atomic mass is 16.1. The minimum absolute atomic E-state index is 0.223. The van der Waals surface area contributed by atoms with E-state index in [2.05, 4.69) is 44.4 Å². The first-order valence-electron chi connectivity index (χ1n) is 10.5. The van der Waals surface area contributed by atoms with Gasteiger partial charge in [0.15, 0.2) is 11.5 Å². The van der Waals surface area contributed by atoms with Crippen LogP contribution in [0, 0.1) is 0 Å². The fourth-order valence-electron chi connectivity index (χ4n) is 4.25. The Morgan fingerprint density at radius 3 is 2.43 bits per heavy atom. The molecule has 2 aromatic rings. The Balaban J connectivity index is 1.39. The average molecular weight is 380 g/mol. The van der Waals surface area contributed by atoms with E-state index in [4.69, 9.17) is 0 Å². The minimum atomic E-state index is -0.223. The third-order valence-electron chi connectivity index (χ3n) is 5.87. The van der Waals surface area contributed by atoms with Crippen LogP contribution in [0.15, 0.2) is 36.4 Å². The number of nitrogens with one attached hydrogen (secondary N) is 1. The molecule has 2 aliphatic heterocycles. The maximum Gasteiger partial charge on any atom is 0.276 e. The van der Waals surface area contributed by atoms with E-state index in [-0.39, 0.29) is 5.91 Å². The van der Waals surface area contributed by atoms with Crippen molar-refractivity contribution in [2.24, 2.45) is 0 Å². The molecule has 1 N–H and O–H groups in total. The zero-order valence-electron chi connectivity index (χ0n) is 16.6. The summed E-state index contributed by atoms with van der Waals surface area (Å²) < 4.78 is 0. The normalized spacial score (nSPS) is 19.7. The van der Waals surface area contributed by atoms with E-state index in [9.17, 15) is 4.79 Å². The summed E-state index contributed by atoms with van der Waals surface area (Å²) in [7, 11) is 0. The molecule has 1 atom stereocenters. The van der Waals surface area contributed by atoms with Gasteiger partial charge in [-0.3, -0.25) is 4.79 Å². The smallest absolute Gasteiger partial charge is 0.276 e. The van der Waals surface area contributed by atoms with Crippen molar-refractivity contribution in [2.45, 2.75) is 51.5 Å². The number of hydrogen-bond donors (Lipinski definition) is 1. The number of carbonyl (C=O) groups excluding carboxylic acids is 1. The summed E-state index contributed by atoms with van der Waals surface area (Å²) in [4.78, 5) is 17.2. The van der Waals surface area contributed by atoms with Gasteiger partial charge in [0.1, 0.15) is 0 Å². The molecule has 2 aliphatic rings. The number of anilines is 3. The highest BCUT2D eigenvalue weighted by Crippen LogP contribution is 2.25. The van der Waals surface area contributed by atoms with Gasteiger partial charge in [0.25, 0.3) is 5.91 Å². The molecular weight excluding hydrogens is 350 g/mol. The summed E-state index contributed by atoms with van der Waals surface area (Å²) in [6, 6.07) is 12.3. The van der Waals surface area contributed by atoms with Crippen molar-refractivity contribution in [3.63, 3.8) is 0 Å². The molecule has 0 bridgehead atoms. The van der Waals surface area contributed by atoms with Gasteiger partial charge in [0.2, 0.25) is 0 Å². The van der Waals surface area contributed by atoms with Crippen molar-refractivity contribution in [1.82, 2.24) is 10.2 Å². The van der Waals surface area contributed by atoms with Gasteiger partial charge < -0.3 is 15.1 Å². The largest absolute Gasteiger partial charge is 0.372 e. The predicted molar refractivity (Wildman–Crippen MR) is 113 cm³/mol. The second-order valence-electron chi connectivity index (χ2n) is 7.72. The molecule has 6 heteroatoms. The number of amides is 1. The van der Waals surface area contributed by atoms with Crippen molar-refractivity contribution >= 4 is 23.1 Å². The van der Waals surface area contributed by atoms with E-state index in [1.807, 2.05) is 18.2 Å². The lowest BCUT2D eigenvalue weighted by molar-refractivity contribution is 0.102. The number of piperidine rings is 1. The zero-order valence-corrected chi connectivity index (χ0v) is 16.6. The molecule has 28 heavy (non-hydrogen) atoms. The van der Waals surface area contributed by atoms with Crippen molar-refractivity contribution in [1.29, 1.82) is 0 Å². The summed E-state index contributed by atoms with van der Waals surface area (Å²) in [5.41, 5.74) is 2.34. The molecule has 2 saturated heterocycles. The SMILES string of the molecule is CCC1CCCCN1c1ccc(C(=O)Nc2ccc(N3CCCC3)cc2)nn1. The first-order chi connectivity index (χ1) is 13.7. The van der Waals surface area contributed by atoms with Crippen LogP contribution in [0.25, 0.3) is 0 Å². The van der Waals surface area contributed by atoms with Gasteiger partial charge in [-0.25, -0.2) is 0 Å². The van der Waals surface area contributed by atoms with Gasteiger partial charge in [0, 0.05) is 37.1 Å². The van der Waals surface area contributed by atoms with Crippen LogP contribution >= 0.6 is 0 Å². The molecule has 1 aromatic heterocycles. The van der Waals surface area contributed by atoms with E-state index in [1.165, 1.54) is 37.8 Å². The predicted octanol–water partition coefficient (Wildman–Crippen LogP) is 4.10. The Bertz CT molecular complexity index is 784. The maximum atomic E-state index is 12.5. The van der Waals surface area contributed by atoms with Crippen molar-refractivity contribution in [3.8, 4) is 0 Å². The molecule has 0 aliphatic carbocycles. The van der Waals surface area contributed by atoms with Crippen LogP contribution in [-0.2, 0) is 0 Å². The van der Waals surface area contributed by atoms with Crippen molar-refractivity contribution in [3.05, 3.63) is 42.1 Å². The Hall–Kier alpha value is -2.63. The highest BCUT2D eigenvalue weighted by molar-refractivity contribution is 6.02. The van der Waals surface area contributed by atoms with Gasteiger partial charge in [-0.05, 0) is 74.9 Å². The monoisotopic (exact) mass is 379 g/mol. The number of benzene rings is 1. The fraction of sp³-hybridized carbons (Fsp3) is 0.500. The van der Waals surface area contributed by atoms with Crippen LogP contribution in [0.5, 0.6) is 0 Å². The van der Waals surface area contributed by atoms with Crippen LogP contribution in [0.1, 0.15) is 55.9 Å². The fourth-order valence-corrected chi connectivity index (χ4v) is 4.25. The maximum absolute atomic E-state index is 12.5. The zero-order chi connectivity index (χ0) is 19.3. The van der Waals surface area contributed by atoms with Gasteiger partial charge in [0.05, 0.1) is 0 Å². The van der Waals surface area contributed by atoms with Crippen LogP contribution in [0.4, 0.5) is 17.2 Å². The second-order valence-corrected chi connectivity index (χ2v) is 7.72. The van der Waals surface area contributed by atoms with Crippen molar-refractivity contribution in [2.75, 3.05) is 34.8 Å². The van der Waals surface area contributed by atoms with E-state index in [0.29, 0.717) is 11.7 Å². The molecule has 3 heterocycles. The summed E-state index contributed by atoms with van der Waals surface area (Å²) in [6.45, 7) is 5.46. The number of rotatable bonds is 5. The molecule has 0 saturated carbocycles. The molecule has 2 fully saturated rings. The van der Waals surface area contributed by atoms with Gasteiger partial charge in [-0.15, -0.1) is 10.2 Å². The minimum Gasteiger partial charge on any atom is -0.372 e. The summed E-state index contributed by atoms with van der Waals surface area (Å²) in [5, 5.41) is 11.4. The Labute approximate surface area is 166 Å². The van der Waals surface area contributed by atoms with Crippen LogP contribution in [0.2, 0.25) is 0 Å². The van der Waals surface area contributed by atoms with E-state index in [1.54, 1.807) is 6.07 Å². The first-order valence-corrected chi connectivity index (χ1v) is 10.5. The standard InChI is InChI=1S/C22H29N5O/c1-2-18-7-3-4-16-27(18)21-13-12-20(24-25-21)22(28)23-17-8-10-19(11-9-17)26-14-5-6-15-26/h8-13,18H,2-7,14-16H2,1H3,(H,23,28). The number of carbonyl (C=O) groups is 1. The molecule has 4 rings (SSSR count). The number of nitrogens with zero attached hydrogens (tertiary/aromatic N) is 4. The summed E-state index contributed by atoms with van der Waals surface area (Å²) >= 11 is 0. The molecule has 1 aromatic carbocycles. The lowest BCUT2D eigenvalue weighted by Gasteiger charge is -2.35. The van der Waals surface area contributed by atoms with Crippen molar-refractivity contribution < 1.29 is 4.79 Å². The Kier molecular flexibility index (Phi) is 5.74. The lowest BCUT2D eigenvalue weighted by Crippen LogP contribution is -2.39. The number of aromatic nitrogens is 2. The highest BCUT2D eigenvalue weighted by Gasteiger charge is 2.22. The molecular formula is C22H29N5O. The lowest BCUT2D eigenvalue weighted by atomic mass is 10.0. The Morgan fingerprint density at radius 1 is 1.00 bits per heavy atom.